The highest BCUT2D eigenvalue weighted by atomic mass is 16.5. The van der Waals surface area contributed by atoms with E-state index in [0.717, 1.165) is 43.4 Å². The van der Waals surface area contributed by atoms with Gasteiger partial charge in [0.05, 0.1) is 13.2 Å². The number of ether oxygens (including phenoxy) is 1. The molecule has 0 spiro atoms. The fraction of sp³-hybridized carbons (Fsp3) is 0.214. The first-order valence-corrected chi connectivity index (χ1v) is 11.8. The number of nitrogens with one attached hydrogen (secondary N) is 1. The van der Waals surface area contributed by atoms with E-state index in [0.29, 0.717) is 11.5 Å². The summed E-state index contributed by atoms with van der Waals surface area (Å²) in [5, 5.41) is 3.30. The molecule has 0 amide bonds. The summed E-state index contributed by atoms with van der Waals surface area (Å²) in [5.41, 5.74) is 10.6. The molecule has 1 aliphatic heterocycles. The fourth-order valence-corrected chi connectivity index (χ4v) is 4.65. The molecule has 178 valence electrons. The zero-order chi connectivity index (χ0) is 24.0. The number of nitrogen functional groups attached to an aromatic ring is 1. The summed E-state index contributed by atoms with van der Waals surface area (Å²) in [6.45, 7) is 3.46. The maximum atomic E-state index is 6.54. The Morgan fingerprint density at radius 3 is 2.11 bits per heavy atom. The van der Waals surface area contributed by atoms with Crippen molar-refractivity contribution in [2.75, 3.05) is 49.2 Å². The maximum absolute atomic E-state index is 6.54. The van der Waals surface area contributed by atoms with Gasteiger partial charge in [-0.1, -0.05) is 66.7 Å². The van der Waals surface area contributed by atoms with Crippen molar-refractivity contribution in [3.63, 3.8) is 0 Å². The normalized spacial score (nSPS) is 14.2. The topological polar surface area (TPSA) is 79.5 Å². The number of aromatic nitrogens is 2. The summed E-state index contributed by atoms with van der Waals surface area (Å²) in [6.07, 6.45) is 1.57. The van der Waals surface area contributed by atoms with Gasteiger partial charge in [-0.05, 0) is 23.3 Å². The summed E-state index contributed by atoms with van der Waals surface area (Å²) in [6, 6.07) is 29.3. The van der Waals surface area contributed by atoms with Gasteiger partial charge in [-0.25, -0.2) is 9.97 Å². The van der Waals surface area contributed by atoms with Crippen molar-refractivity contribution < 1.29 is 4.74 Å². The molecule has 4 aromatic rings. The van der Waals surface area contributed by atoms with Crippen LogP contribution in [0.5, 0.6) is 5.75 Å². The van der Waals surface area contributed by atoms with Crippen LogP contribution in [0.3, 0.4) is 0 Å². The number of hydrogen-bond donors (Lipinski definition) is 2. The van der Waals surface area contributed by atoms with Crippen molar-refractivity contribution >= 4 is 23.0 Å². The number of nitrogens with two attached hydrogens (primary N) is 1. The average Bonchev–Trinajstić information content (AvgIpc) is 2.92. The van der Waals surface area contributed by atoms with Gasteiger partial charge in [0.2, 0.25) is 0 Å². The Labute approximate surface area is 206 Å². The molecule has 0 atom stereocenters. The molecular weight excluding hydrogens is 436 g/mol. The zero-order valence-electron chi connectivity index (χ0n) is 19.8. The number of methoxy groups -OCH3 is 1. The molecule has 3 aromatic carbocycles. The van der Waals surface area contributed by atoms with E-state index in [1.807, 2.05) is 24.3 Å². The monoisotopic (exact) mass is 466 g/mol. The Bertz CT molecular complexity index is 1200. The van der Waals surface area contributed by atoms with Gasteiger partial charge in [-0.3, -0.25) is 4.90 Å². The van der Waals surface area contributed by atoms with Crippen LogP contribution in [0.25, 0.3) is 0 Å². The molecule has 5 rings (SSSR count). The van der Waals surface area contributed by atoms with E-state index in [1.165, 1.54) is 11.1 Å². The van der Waals surface area contributed by atoms with E-state index in [1.54, 1.807) is 13.4 Å². The lowest BCUT2D eigenvalue weighted by molar-refractivity contribution is 0.212. The van der Waals surface area contributed by atoms with Crippen LogP contribution in [0, 0.1) is 0 Å². The number of rotatable bonds is 7. The third kappa shape index (κ3) is 5.05. The number of benzene rings is 3. The quantitative estimate of drug-likeness (QED) is 0.408. The molecule has 0 aliphatic carbocycles. The van der Waals surface area contributed by atoms with E-state index < -0.39 is 0 Å². The third-order valence-electron chi connectivity index (χ3n) is 6.40. The average molecular weight is 467 g/mol. The van der Waals surface area contributed by atoms with E-state index in [2.05, 4.69) is 85.7 Å². The van der Waals surface area contributed by atoms with Crippen molar-refractivity contribution in [3.05, 3.63) is 102 Å². The van der Waals surface area contributed by atoms with Gasteiger partial charge in [0.1, 0.15) is 17.8 Å². The number of piperazine rings is 1. The van der Waals surface area contributed by atoms with Gasteiger partial charge >= 0.3 is 0 Å². The molecule has 35 heavy (non-hydrogen) atoms. The van der Waals surface area contributed by atoms with Crippen LogP contribution >= 0.6 is 0 Å². The van der Waals surface area contributed by atoms with Gasteiger partial charge < -0.3 is 20.7 Å². The number of hydrogen-bond acceptors (Lipinski definition) is 7. The lowest BCUT2D eigenvalue weighted by Gasteiger charge is -2.40. The van der Waals surface area contributed by atoms with Crippen molar-refractivity contribution in [3.8, 4) is 5.75 Å². The highest BCUT2D eigenvalue weighted by molar-refractivity contribution is 5.78. The van der Waals surface area contributed by atoms with E-state index in [4.69, 9.17) is 10.5 Å². The predicted molar refractivity (Wildman–Crippen MR) is 141 cm³/mol. The minimum Gasteiger partial charge on any atom is -0.497 e. The van der Waals surface area contributed by atoms with Crippen molar-refractivity contribution in [1.29, 1.82) is 0 Å². The van der Waals surface area contributed by atoms with Gasteiger partial charge in [0.15, 0.2) is 11.6 Å². The van der Waals surface area contributed by atoms with E-state index in [-0.39, 0.29) is 6.04 Å². The largest absolute Gasteiger partial charge is 0.497 e. The molecule has 7 heteroatoms. The van der Waals surface area contributed by atoms with Gasteiger partial charge in [0, 0.05) is 37.9 Å². The SMILES string of the molecule is COc1cccc(Nc2ncnc(N3CCN(C(c4ccccc4)c4ccccc4)CC3)c2N)c1. The molecule has 2 heterocycles. The Hall–Kier alpha value is -4.10. The zero-order valence-corrected chi connectivity index (χ0v) is 19.8. The van der Waals surface area contributed by atoms with E-state index in [9.17, 15) is 0 Å². The molecule has 3 N–H and O–H groups in total. The summed E-state index contributed by atoms with van der Waals surface area (Å²) in [7, 11) is 1.65. The molecule has 7 nitrogen and oxygen atoms in total. The van der Waals surface area contributed by atoms with Gasteiger partial charge in [-0.2, -0.15) is 0 Å². The molecular formula is C28H30N6O. The Balaban J connectivity index is 1.33. The van der Waals surface area contributed by atoms with Crippen LogP contribution in [0.15, 0.2) is 91.3 Å². The lowest BCUT2D eigenvalue weighted by atomic mass is 9.96. The third-order valence-corrected chi connectivity index (χ3v) is 6.40. The van der Waals surface area contributed by atoms with Gasteiger partial charge in [0.25, 0.3) is 0 Å². The van der Waals surface area contributed by atoms with Crippen molar-refractivity contribution in [2.45, 2.75) is 6.04 Å². The van der Waals surface area contributed by atoms with Gasteiger partial charge in [-0.15, -0.1) is 0 Å². The molecule has 0 unspecified atom stereocenters. The smallest absolute Gasteiger partial charge is 0.159 e. The second kappa shape index (κ2) is 10.4. The first-order chi connectivity index (χ1) is 17.2. The van der Waals surface area contributed by atoms with E-state index >= 15 is 0 Å². The second-order valence-corrected chi connectivity index (χ2v) is 8.56. The first kappa shape index (κ1) is 22.7. The first-order valence-electron chi connectivity index (χ1n) is 11.8. The summed E-state index contributed by atoms with van der Waals surface area (Å²) < 4.78 is 5.32. The molecule has 1 aliphatic rings. The van der Waals surface area contributed by atoms with Crippen LogP contribution in [0.2, 0.25) is 0 Å². The predicted octanol–water partition coefficient (Wildman–Crippen LogP) is 4.72. The number of anilines is 4. The second-order valence-electron chi connectivity index (χ2n) is 8.56. The van der Waals surface area contributed by atoms with Crippen LogP contribution < -0.4 is 20.7 Å². The van der Waals surface area contributed by atoms with Crippen LogP contribution in [-0.2, 0) is 0 Å². The number of nitrogens with zero attached hydrogens (tertiary/aromatic N) is 4. The molecule has 1 aromatic heterocycles. The summed E-state index contributed by atoms with van der Waals surface area (Å²) in [5.74, 6) is 2.13. The summed E-state index contributed by atoms with van der Waals surface area (Å²) >= 11 is 0. The Morgan fingerprint density at radius 1 is 0.829 bits per heavy atom. The minimum atomic E-state index is 0.215. The highest BCUT2D eigenvalue weighted by Gasteiger charge is 2.28. The summed E-state index contributed by atoms with van der Waals surface area (Å²) in [4.78, 5) is 13.7. The molecule has 1 saturated heterocycles. The fourth-order valence-electron chi connectivity index (χ4n) is 4.65. The van der Waals surface area contributed by atoms with Crippen LogP contribution in [0.4, 0.5) is 23.0 Å². The van der Waals surface area contributed by atoms with Crippen molar-refractivity contribution in [1.82, 2.24) is 14.9 Å². The maximum Gasteiger partial charge on any atom is 0.159 e. The standard InChI is InChI=1S/C28H30N6O/c1-35-24-14-8-13-23(19-24)32-27-25(29)28(31-20-30-27)34-17-15-33(16-18-34)26(21-9-4-2-5-10-21)22-11-6-3-7-12-22/h2-14,19-20,26H,15-18,29H2,1H3,(H,30,31,32). The Kier molecular flexibility index (Phi) is 6.77. The molecule has 0 radical (unpaired) electrons. The lowest BCUT2D eigenvalue weighted by Crippen LogP contribution is -2.48. The Morgan fingerprint density at radius 2 is 1.49 bits per heavy atom. The van der Waals surface area contributed by atoms with Crippen molar-refractivity contribution in [2.24, 2.45) is 0 Å². The van der Waals surface area contributed by atoms with Crippen LogP contribution in [0.1, 0.15) is 17.2 Å². The molecule has 0 bridgehead atoms. The molecule has 1 fully saturated rings. The molecule has 0 saturated carbocycles. The highest BCUT2D eigenvalue weighted by Crippen LogP contribution is 2.33. The van der Waals surface area contributed by atoms with Crippen LogP contribution in [-0.4, -0.2) is 48.2 Å². The minimum absolute atomic E-state index is 0.215.